The van der Waals surface area contributed by atoms with Gasteiger partial charge in [-0.05, 0) is 32.0 Å². The van der Waals surface area contributed by atoms with Crippen molar-refractivity contribution in [3.63, 3.8) is 0 Å². The number of anilines is 2. The van der Waals surface area contributed by atoms with Crippen LogP contribution in [0.15, 0.2) is 0 Å². The van der Waals surface area contributed by atoms with Crippen LogP contribution in [-0.4, -0.2) is 34.6 Å². The Kier molecular flexibility index (Phi) is 3.15. The highest BCUT2D eigenvalue weighted by Crippen LogP contribution is 2.15. The van der Waals surface area contributed by atoms with Crippen LogP contribution in [0.2, 0.25) is 0 Å². The van der Waals surface area contributed by atoms with E-state index in [-0.39, 0.29) is 0 Å². The molecule has 6 heteroatoms. The van der Waals surface area contributed by atoms with E-state index in [1.165, 1.54) is 12.8 Å². The van der Waals surface area contributed by atoms with Crippen molar-refractivity contribution in [3.05, 3.63) is 4.77 Å². The highest BCUT2D eigenvalue weighted by molar-refractivity contribution is 7.71. The van der Waals surface area contributed by atoms with E-state index in [0.717, 1.165) is 25.6 Å². The third kappa shape index (κ3) is 2.44. The Hall–Kier alpha value is -1.17. The normalized spacial score (nSPS) is 15.7. The number of rotatable bonds is 3. The van der Waals surface area contributed by atoms with E-state index in [4.69, 9.17) is 12.2 Å². The largest absolute Gasteiger partial charge is 0.356 e. The van der Waals surface area contributed by atoms with E-state index >= 15 is 0 Å². The molecule has 82 valence electrons. The van der Waals surface area contributed by atoms with Crippen molar-refractivity contribution in [1.29, 1.82) is 0 Å². The molecule has 1 saturated heterocycles. The standard InChI is InChI=1S/C9H15N5S/c1-2-10-7-11-8(13-9(15)12-7)14-5-3-4-6-14/h2-6H2,1H3,(H2,10,11,12,13,15). The molecular formula is C9H15N5S. The van der Waals surface area contributed by atoms with Gasteiger partial charge in [-0.2, -0.15) is 9.97 Å². The first-order valence-corrected chi connectivity index (χ1v) is 5.67. The van der Waals surface area contributed by atoms with Crippen LogP contribution in [0.5, 0.6) is 0 Å². The minimum Gasteiger partial charge on any atom is -0.356 e. The van der Waals surface area contributed by atoms with Crippen LogP contribution in [0.3, 0.4) is 0 Å². The summed E-state index contributed by atoms with van der Waals surface area (Å²) in [4.78, 5) is 13.7. The van der Waals surface area contributed by atoms with Crippen LogP contribution in [-0.2, 0) is 0 Å². The molecule has 0 atom stereocenters. The Morgan fingerprint density at radius 2 is 2.13 bits per heavy atom. The molecule has 0 saturated carbocycles. The predicted octanol–water partition coefficient (Wildman–Crippen LogP) is 1.57. The van der Waals surface area contributed by atoms with Gasteiger partial charge in [-0.25, -0.2) is 0 Å². The van der Waals surface area contributed by atoms with Gasteiger partial charge in [0.05, 0.1) is 0 Å². The maximum Gasteiger partial charge on any atom is 0.225 e. The number of aromatic nitrogens is 3. The first kappa shape index (κ1) is 10.4. The number of nitrogens with one attached hydrogen (secondary N) is 2. The van der Waals surface area contributed by atoms with Gasteiger partial charge in [0.25, 0.3) is 0 Å². The molecule has 1 aliphatic rings. The van der Waals surface area contributed by atoms with Crippen LogP contribution >= 0.6 is 12.2 Å². The molecule has 2 heterocycles. The molecule has 0 spiro atoms. The lowest BCUT2D eigenvalue weighted by molar-refractivity contribution is 0.872. The molecule has 2 N–H and O–H groups in total. The lowest BCUT2D eigenvalue weighted by Crippen LogP contribution is -2.21. The third-order valence-corrected chi connectivity index (χ3v) is 2.57. The molecule has 1 aliphatic heterocycles. The Morgan fingerprint density at radius 1 is 1.40 bits per heavy atom. The highest BCUT2D eigenvalue weighted by Gasteiger charge is 2.14. The van der Waals surface area contributed by atoms with Crippen molar-refractivity contribution < 1.29 is 0 Å². The van der Waals surface area contributed by atoms with Crippen molar-refractivity contribution in [1.82, 2.24) is 15.0 Å². The average molecular weight is 225 g/mol. The van der Waals surface area contributed by atoms with Crippen LogP contribution in [0.4, 0.5) is 11.9 Å². The van der Waals surface area contributed by atoms with Gasteiger partial charge in [0.1, 0.15) is 0 Å². The zero-order valence-corrected chi connectivity index (χ0v) is 9.60. The van der Waals surface area contributed by atoms with E-state index in [1.807, 2.05) is 6.92 Å². The summed E-state index contributed by atoms with van der Waals surface area (Å²) in [5.74, 6) is 1.54. The summed E-state index contributed by atoms with van der Waals surface area (Å²) in [6, 6.07) is 0. The van der Waals surface area contributed by atoms with Crippen molar-refractivity contribution in [3.8, 4) is 0 Å². The quantitative estimate of drug-likeness (QED) is 0.765. The summed E-state index contributed by atoms with van der Waals surface area (Å²) < 4.78 is 0.395. The molecule has 5 nitrogen and oxygen atoms in total. The molecule has 0 unspecified atom stereocenters. The van der Waals surface area contributed by atoms with Crippen LogP contribution in [0.25, 0.3) is 0 Å². The van der Waals surface area contributed by atoms with Gasteiger partial charge < -0.3 is 10.2 Å². The zero-order valence-electron chi connectivity index (χ0n) is 8.79. The molecule has 0 aromatic carbocycles. The molecular weight excluding hydrogens is 210 g/mol. The summed E-state index contributed by atoms with van der Waals surface area (Å²) >= 11 is 5.03. The van der Waals surface area contributed by atoms with Crippen molar-refractivity contribution in [2.24, 2.45) is 0 Å². The molecule has 0 radical (unpaired) electrons. The Labute approximate surface area is 93.9 Å². The smallest absolute Gasteiger partial charge is 0.225 e. The summed E-state index contributed by atoms with van der Waals surface area (Å²) in [5, 5.41) is 3.11. The van der Waals surface area contributed by atoms with Crippen LogP contribution in [0, 0.1) is 4.77 Å². The zero-order chi connectivity index (χ0) is 10.7. The maximum atomic E-state index is 5.03. The van der Waals surface area contributed by atoms with Crippen LogP contribution < -0.4 is 10.2 Å². The van der Waals surface area contributed by atoms with E-state index in [1.54, 1.807) is 0 Å². The number of hydrogen-bond donors (Lipinski definition) is 2. The Bertz CT molecular complexity index is 382. The molecule has 15 heavy (non-hydrogen) atoms. The number of aromatic amines is 1. The van der Waals surface area contributed by atoms with Gasteiger partial charge in [-0.15, -0.1) is 0 Å². The van der Waals surface area contributed by atoms with E-state index in [9.17, 15) is 0 Å². The van der Waals surface area contributed by atoms with Gasteiger partial charge in [0.15, 0.2) is 0 Å². The minimum absolute atomic E-state index is 0.395. The second-order valence-corrected chi connectivity index (χ2v) is 3.89. The number of nitrogens with zero attached hydrogens (tertiary/aromatic N) is 3. The molecule has 1 aromatic rings. The van der Waals surface area contributed by atoms with Gasteiger partial charge in [0, 0.05) is 19.6 Å². The van der Waals surface area contributed by atoms with Gasteiger partial charge in [0.2, 0.25) is 16.7 Å². The monoisotopic (exact) mass is 225 g/mol. The SMILES string of the molecule is CCNc1nc(=S)nc(N2CCCC2)[nH]1. The van der Waals surface area contributed by atoms with Crippen LogP contribution in [0.1, 0.15) is 19.8 Å². The first-order chi connectivity index (χ1) is 7.29. The second kappa shape index (κ2) is 4.57. The average Bonchev–Trinajstić information content (AvgIpc) is 2.70. The predicted molar refractivity (Wildman–Crippen MR) is 62.8 cm³/mol. The van der Waals surface area contributed by atoms with E-state index in [2.05, 4.69) is 25.2 Å². The van der Waals surface area contributed by atoms with Crippen molar-refractivity contribution >= 4 is 24.1 Å². The maximum absolute atomic E-state index is 5.03. The lowest BCUT2D eigenvalue weighted by Gasteiger charge is -2.16. The molecule has 1 fully saturated rings. The Morgan fingerprint density at radius 3 is 2.80 bits per heavy atom. The highest BCUT2D eigenvalue weighted by atomic mass is 32.1. The third-order valence-electron chi connectivity index (χ3n) is 2.39. The summed E-state index contributed by atoms with van der Waals surface area (Å²) in [6.07, 6.45) is 2.45. The fourth-order valence-corrected chi connectivity index (χ4v) is 1.88. The van der Waals surface area contributed by atoms with Gasteiger partial charge in [-0.1, -0.05) is 0 Å². The fraction of sp³-hybridized carbons (Fsp3) is 0.667. The minimum atomic E-state index is 0.395. The van der Waals surface area contributed by atoms with Crippen molar-refractivity contribution in [2.75, 3.05) is 29.9 Å². The van der Waals surface area contributed by atoms with Gasteiger partial charge in [-0.3, -0.25) is 4.98 Å². The van der Waals surface area contributed by atoms with Crippen molar-refractivity contribution in [2.45, 2.75) is 19.8 Å². The second-order valence-electron chi connectivity index (χ2n) is 3.53. The topological polar surface area (TPSA) is 56.8 Å². The first-order valence-electron chi connectivity index (χ1n) is 5.27. The molecule has 0 amide bonds. The molecule has 0 aliphatic carbocycles. The summed E-state index contributed by atoms with van der Waals surface area (Å²) in [7, 11) is 0. The fourth-order valence-electron chi connectivity index (χ4n) is 1.70. The summed E-state index contributed by atoms with van der Waals surface area (Å²) in [5.41, 5.74) is 0. The molecule has 1 aromatic heterocycles. The number of H-pyrrole nitrogens is 1. The number of hydrogen-bond acceptors (Lipinski definition) is 5. The summed E-state index contributed by atoms with van der Waals surface area (Å²) in [6.45, 7) is 4.94. The van der Waals surface area contributed by atoms with Gasteiger partial charge >= 0.3 is 0 Å². The lowest BCUT2D eigenvalue weighted by atomic mass is 10.4. The molecule has 2 rings (SSSR count). The van der Waals surface area contributed by atoms with E-state index < -0.39 is 0 Å². The molecule has 0 bridgehead atoms. The Balaban J connectivity index is 2.26. The van der Waals surface area contributed by atoms with E-state index in [0.29, 0.717) is 10.7 Å².